The van der Waals surface area contributed by atoms with Crippen molar-refractivity contribution in [2.75, 3.05) is 0 Å². The molecule has 12 heavy (non-hydrogen) atoms. The van der Waals surface area contributed by atoms with E-state index in [9.17, 15) is 0 Å². The van der Waals surface area contributed by atoms with Crippen molar-refractivity contribution in [2.45, 2.75) is 38.9 Å². The minimum Gasteiger partial charge on any atom is -0.360 e. The van der Waals surface area contributed by atoms with Crippen LogP contribution in [-0.2, 0) is 4.74 Å². The number of epoxide rings is 1. The lowest BCUT2D eigenvalue weighted by atomic mass is 9.83. The van der Waals surface area contributed by atoms with Crippen molar-refractivity contribution < 1.29 is 4.74 Å². The van der Waals surface area contributed by atoms with Gasteiger partial charge in [-0.25, -0.2) is 0 Å². The van der Waals surface area contributed by atoms with Gasteiger partial charge < -0.3 is 4.74 Å². The summed E-state index contributed by atoms with van der Waals surface area (Å²) in [5.74, 6) is 0. The lowest BCUT2D eigenvalue weighted by Gasteiger charge is -2.21. The van der Waals surface area contributed by atoms with Crippen LogP contribution in [0, 0.1) is 5.41 Å². The summed E-state index contributed by atoms with van der Waals surface area (Å²) in [5, 5.41) is 0. The van der Waals surface area contributed by atoms with E-state index in [0.717, 1.165) is 6.42 Å². The van der Waals surface area contributed by atoms with Crippen LogP contribution < -0.4 is 0 Å². The molecule has 1 fully saturated rings. The first kappa shape index (κ1) is 8.06. The Hall–Kier alpha value is -0.560. The number of allylic oxidation sites excluding steroid dienone is 1. The minimum atomic E-state index is 0.319. The van der Waals surface area contributed by atoms with Crippen LogP contribution in [-0.4, -0.2) is 12.2 Å². The van der Waals surface area contributed by atoms with E-state index < -0.39 is 0 Å². The van der Waals surface area contributed by atoms with Gasteiger partial charge in [-0.1, -0.05) is 32.6 Å². The van der Waals surface area contributed by atoms with Crippen LogP contribution >= 0.6 is 0 Å². The Kier molecular flexibility index (Phi) is 1.65. The van der Waals surface area contributed by atoms with E-state index in [1.54, 1.807) is 0 Å². The molecule has 0 aromatic heterocycles. The lowest BCUT2D eigenvalue weighted by molar-refractivity contribution is 0.401. The van der Waals surface area contributed by atoms with E-state index in [0.29, 0.717) is 17.6 Å². The summed E-state index contributed by atoms with van der Waals surface area (Å²) in [5.41, 5.74) is 1.59. The van der Waals surface area contributed by atoms with Crippen molar-refractivity contribution in [2.24, 2.45) is 5.41 Å². The molecule has 0 aromatic carbocycles. The molecule has 1 nitrogen and oxygen atoms in total. The fourth-order valence-corrected chi connectivity index (χ4v) is 1.66. The minimum absolute atomic E-state index is 0.319. The third-order valence-electron chi connectivity index (χ3n) is 2.76. The standard InChI is InChI=1S/C11H16O/c1-8-4-6-11(2,3)7-5-9-10(8)12-9/h5,7,9-10H,1,4,6H2,2-3H3/b7-5-. The van der Waals surface area contributed by atoms with Gasteiger partial charge in [0.05, 0.1) is 0 Å². The van der Waals surface area contributed by atoms with Crippen LogP contribution in [0.15, 0.2) is 24.3 Å². The van der Waals surface area contributed by atoms with E-state index in [-0.39, 0.29) is 0 Å². The highest BCUT2D eigenvalue weighted by atomic mass is 16.6. The number of hydrogen-bond donors (Lipinski definition) is 0. The third kappa shape index (κ3) is 1.46. The van der Waals surface area contributed by atoms with E-state index in [1.807, 2.05) is 0 Å². The maximum atomic E-state index is 5.46. The van der Waals surface area contributed by atoms with Gasteiger partial charge in [0, 0.05) is 0 Å². The Morgan fingerprint density at radius 2 is 2.33 bits per heavy atom. The van der Waals surface area contributed by atoms with Gasteiger partial charge in [-0.3, -0.25) is 0 Å². The zero-order chi connectivity index (χ0) is 8.77. The van der Waals surface area contributed by atoms with Crippen molar-refractivity contribution in [3.63, 3.8) is 0 Å². The monoisotopic (exact) mass is 164 g/mol. The van der Waals surface area contributed by atoms with Gasteiger partial charge in [0.2, 0.25) is 0 Å². The second-order valence-electron chi connectivity index (χ2n) is 4.53. The summed E-state index contributed by atoms with van der Waals surface area (Å²) < 4.78 is 5.46. The average Bonchev–Trinajstić information content (AvgIpc) is 2.74. The van der Waals surface area contributed by atoms with Crippen LogP contribution in [0.3, 0.4) is 0 Å². The van der Waals surface area contributed by atoms with Gasteiger partial charge in [-0.05, 0) is 23.8 Å². The van der Waals surface area contributed by atoms with E-state index in [2.05, 4.69) is 32.6 Å². The Balaban J connectivity index is 2.15. The predicted octanol–water partition coefficient (Wildman–Crippen LogP) is 2.69. The molecule has 2 rings (SSSR count). The van der Waals surface area contributed by atoms with Crippen LogP contribution in [0.4, 0.5) is 0 Å². The van der Waals surface area contributed by atoms with E-state index in [1.165, 1.54) is 12.0 Å². The molecule has 0 saturated carbocycles. The summed E-state index contributed by atoms with van der Waals surface area (Å²) >= 11 is 0. The summed E-state index contributed by atoms with van der Waals surface area (Å²) in [4.78, 5) is 0. The molecule has 1 heterocycles. The lowest BCUT2D eigenvalue weighted by Crippen LogP contribution is -2.11. The summed E-state index contributed by atoms with van der Waals surface area (Å²) in [6.45, 7) is 8.57. The maximum Gasteiger partial charge on any atom is 0.109 e. The molecule has 66 valence electrons. The normalized spacial score (nSPS) is 41.0. The fraction of sp³-hybridized carbons (Fsp3) is 0.636. The molecular formula is C11H16O. The number of hydrogen-bond acceptors (Lipinski definition) is 1. The molecule has 2 unspecified atom stereocenters. The number of fused-ring (bicyclic) bond motifs is 1. The summed E-state index contributed by atoms with van der Waals surface area (Å²) in [6.07, 6.45) is 7.46. The van der Waals surface area contributed by atoms with Crippen molar-refractivity contribution in [3.05, 3.63) is 24.3 Å². The molecule has 0 bridgehead atoms. The van der Waals surface area contributed by atoms with Crippen molar-refractivity contribution in [1.29, 1.82) is 0 Å². The van der Waals surface area contributed by atoms with Gasteiger partial charge >= 0.3 is 0 Å². The van der Waals surface area contributed by atoms with Crippen molar-refractivity contribution in [1.82, 2.24) is 0 Å². The van der Waals surface area contributed by atoms with Crippen molar-refractivity contribution in [3.8, 4) is 0 Å². The van der Waals surface area contributed by atoms with Crippen LogP contribution in [0.5, 0.6) is 0 Å². The van der Waals surface area contributed by atoms with Gasteiger partial charge in [0.1, 0.15) is 12.2 Å². The van der Waals surface area contributed by atoms with Crippen LogP contribution in [0.2, 0.25) is 0 Å². The molecule has 0 aromatic rings. The molecule has 0 radical (unpaired) electrons. The van der Waals surface area contributed by atoms with E-state index >= 15 is 0 Å². The highest BCUT2D eigenvalue weighted by molar-refractivity contribution is 5.22. The molecule has 1 heteroatoms. The molecular weight excluding hydrogens is 148 g/mol. The number of rotatable bonds is 0. The molecule has 2 aliphatic rings. The number of ether oxygens (including phenoxy) is 1. The van der Waals surface area contributed by atoms with Crippen LogP contribution in [0.1, 0.15) is 26.7 Å². The van der Waals surface area contributed by atoms with Gasteiger partial charge in [-0.15, -0.1) is 0 Å². The second-order valence-corrected chi connectivity index (χ2v) is 4.53. The first-order valence-corrected chi connectivity index (χ1v) is 4.61. The Morgan fingerprint density at radius 3 is 3.08 bits per heavy atom. The van der Waals surface area contributed by atoms with E-state index in [4.69, 9.17) is 4.74 Å². The molecule has 0 amide bonds. The molecule has 2 atom stereocenters. The van der Waals surface area contributed by atoms with Gasteiger partial charge in [0.15, 0.2) is 0 Å². The largest absolute Gasteiger partial charge is 0.360 e. The molecule has 0 spiro atoms. The zero-order valence-electron chi connectivity index (χ0n) is 7.84. The molecule has 1 aliphatic carbocycles. The van der Waals surface area contributed by atoms with Gasteiger partial charge in [0.25, 0.3) is 0 Å². The smallest absolute Gasteiger partial charge is 0.109 e. The first-order valence-electron chi connectivity index (χ1n) is 4.61. The SMILES string of the molecule is C=C1CCC(C)(C)/C=C\C2OC12. The fourth-order valence-electron chi connectivity index (χ4n) is 1.66. The van der Waals surface area contributed by atoms with Gasteiger partial charge in [-0.2, -0.15) is 0 Å². The Labute approximate surface area is 74.1 Å². The highest BCUT2D eigenvalue weighted by Crippen LogP contribution is 2.38. The zero-order valence-corrected chi connectivity index (χ0v) is 7.84. The topological polar surface area (TPSA) is 12.5 Å². The van der Waals surface area contributed by atoms with Crippen LogP contribution in [0.25, 0.3) is 0 Å². The summed E-state index contributed by atoms with van der Waals surface area (Å²) in [6, 6.07) is 0. The third-order valence-corrected chi connectivity index (χ3v) is 2.76. The second kappa shape index (κ2) is 2.46. The maximum absolute atomic E-state index is 5.46. The quantitative estimate of drug-likeness (QED) is 0.396. The Bertz CT molecular complexity index is 237. The molecule has 0 N–H and O–H groups in total. The molecule has 1 aliphatic heterocycles. The highest BCUT2D eigenvalue weighted by Gasteiger charge is 2.40. The average molecular weight is 164 g/mol. The Morgan fingerprint density at radius 1 is 1.58 bits per heavy atom. The summed E-state index contributed by atoms with van der Waals surface area (Å²) in [7, 11) is 0. The predicted molar refractivity (Wildman–Crippen MR) is 50.0 cm³/mol. The first-order chi connectivity index (χ1) is 5.58. The van der Waals surface area contributed by atoms with Crippen molar-refractivity contribution >= 4 is 0 Å². The molecule has 1 saturated heterocycles.